The van der Waals surface area contributed by atoms with Gasteiger partial charge in [0, 0.05) is 17.9 Å². The Kier molecular flexibility index (Phi) is 4.82. The highest BCUT2D eigenvalue weighted by Gasteiger charge is 2.63. The highest BCUT2D eigenvalue weighted by atomic mass is 16.1. The molecule has 0 aliphatic heterocycles. The first-order valence-corrected chi connectivity index (χ1v) is 11.6. The van der Waals surface area contributed by atoms with E-state index in [0.29, 0.717) is 40.9 Å². The monoisotopic (exact) mass is 359 g/mol. The van der Waals surface area contributed by atoms with Gasteiger partial charge in [0.25, 0.3) is 0 Å². The summed E-state index contributed by atoms with van der Waals surface area (Å²) in [4.78, 5) is 13.6. The first kappa shape index (κ1) is 19.0. The molecule has 2 nitrogen and oxygen atoms in total. The van der Waals surface area contributed by atoms with E-state index in [-0.39, 0.29) is 5.41 Å². The van der Waals surface area contributed by atoms with E-state index >= 15 is 0 Å². The van der Waals surface area contributed by atoms with Crippen LogP contribution in [0.15, 0.2) is 0 Å². The second-order valence-electron chi connectivity index (χ2n) is 11.1. The molecule has 26 heavy (non-hydrogen) atoms. The van der Waals surface area contributed by atoms with Crippen molar-refractivity contribution in [2.75, 3.05) is 0 Å². The Labute approximate surface area is 161 Å². The summed E-state index contributed by atoms with van der Waals surface area (Å²) in [5, 5.41) is 0. The zero-order chi connectivity index (χ0) is 18.7. The van der Waals surface area contributed by atoms with E-state index < -0.39 is 0 Å². The number of Topliss-reactive ketones (excluding diaryl/α,β-unsaturated/α-hetero) is 1. The van der Waals surface area contributed by atoms with Crippen LogP contribution in [-0.2, 0) is 4.79 Å². The molecule has 0 aromatic carbocycles. The maximum absolute atomic E-state index is 13.6. The van der Waals surface area contributed by atoms with Gasteiger partial charge in [-0.15, -0.1) is 0 Å². The lowest BCUT2D eigenvalue weighted by atomic mass is 9.44. The van der Waals surface area contributed by atoms with Gasteiger partial charge < -0.3 is 5.73 Å². The number of hydrogen-bond acceptors (Lipinski definition) is 2. The Morgan fingerprint density at radius 1 is 1.12 bits per heavy atom. The van der Waals surface area contributed by atoms with Crippen LogP contribution in [0.3, 0.4) is 0 Å². The molecule has 2 unspecified atom stereocenters. The molecule has 0 aromatic heterocycles. The Bertz CT molecular complexity index is 558. The second-order valence-corrected chi connectivity index (χ2v) is 11.1. The Hall–Kier alpha value is -0.370. The van der Waals surface area contributed by atoms with Crippen LogP contribution in [0.2, 0.25) is 0 Å². The average Bonchev–Trinajstić information content (AvgIpc) is 2.96. The van der Waals surface area contributed by atoms with Crippen molar-refractivity contribution in [3.63, 3.8) is 0 Å². The fourth-order valence-electron chi connectivity index (χ4n) is 8.60. The lowest BCUT2D eigenvalue weighted by Crippen LogP contribution is -2.57. The van der Waals surface area contributed by atoms with Gasteiger partial charge in [-0.2, -0.15) is 0 Å². The van der Waals surface area contributed by atoms with Crippen LogP contribution in [0, 0.1) is 46.3 Å². The highest BCUT2D eigenvalue weighted by Crippen LogP contribution is 2.67. The molecular weight excluding hydrogens is 318 g/mol. The number of carbonyl (C=O) groups is 1. The average molecular weight is 360 g/mol. The maximum Gasteiger partial charge on any atom is 0.139 e. The van der Waals surface area contributed by atoms with Crippen molar-refractivity contribution in [3.8, 4) is 0 Å². The molecule has 0 bridgehead atoms. The second kappa shape index (κ2) is 6.61. The summed E-state index contributed by atoms with van der Waals surface area (Å²) in [5.41, 5.74) is 6.67. The van der Waals surface area contributed by atoms with E-state index in [2.05, 4.69) is 27.7 Å². The lowest BCUT2D eigenvalue weighted by Gasteiger charge is -2.60. The fraction of sp³-hybridized carbons (Fsp3) is 0.958. The molecule has 148 valence electrons. The van der Waals surface area contributed by atoms with Crippen LogP contribution in [-0.4, -0.2) is 11.8 Å². The van der Waals surface area contributed by atoms with Gasteiger partial charge in [0.1, 0.15) is 5.78 Å². The summed E-state index contributed by atoms with van der Waals surface area (Å²) >= 11 is 0. The summed E-state index contributed by atoms with van der Waals surface area (Å²) in [5.74, 6) is 4.83. The van der Waals surface area contributed by atoms with E-state index in [1.807, 2.05) is 0 Å². The molecule has 0 aromatic rings. The molecule has 4 rings (SSSR count). The number of fused-ring (bicyclic) bond motifs is 5. The molecule has 0 spiro atoms. The van der Waals surface area contributed by atoms with Crippen LogP contribution in [0.25, 0.3) is 0 Å². The van der Waals surface area contributed by atoms with Crippen molar-refractivity contribution < 1.29 is 4.79 Å². The van der Waals surface area contributed by atoms with Gasteiger partial charge in [-0.1, -0.05) is 40.5 Å². The van der Waals surface area contributed by atoms with Gasteiger partial charge in [0.05, 0.1) is 0 Å². The van der Waals surface area contributed by atoms with Crippen molar-refractivity contribution >= 4 is 5.78 Å². The number of nitrogens with two attached hydrogens (primary N) is 1. The van der Waals surface area contributed by atoms with Gasteiger partial charge in [0.15, 0.2) is 0 Å². The van der Waals surface area contributed by atoms with Crippen LogP contribution in [0.5, 0.6) is 0 Å². The summed E-state index contributed by atoms with van der Waals surface area (Å²) < 4.78 is 0. The minimum Gasteiger partial charge on any atom is -0.328 e. The minimum atomic E-state index is -0.0238. The quantitative estimate of drug-likeness (QED) is 0.714. The fourth-order valence-corrected chi connectivity index (χ4v) is 8.60. The van der Waals surface area contributed by atoms with Crippen LogP contribution in [0.4, 0.5) is 0 Å². The molecule has 4 aliphatic carbocycles. The largest absolute Gasteiger partial charge is 0.328 e. The molecule has 2 heteroatoms. The molecule has 0 saturated heterocycles. The summed E-state index contributed by atoms with van der Waals surface area (Å²) in [7, 11) is 0. The number of ketones is 1. The molecule has 4 aliphatic rings. The molecule has 4 saturated carbocycles. The third kappa shape index (κ3) is 2.57. The maximum atomic E-state index is 13.6. The molecular formula is C24H41NO. The molecule has 4 fully saturated rings. The van der Waals surface area contributed by atoms with E-state index in [4.69, 9.17) is 5.73 Å². The predicted octanol–water partition coefficient (Wildman–Crippen LogP) is 5.59. The van der Waals surface area contributed by atoms with Gasteiger partial charge in [-0.05, 0) is 85.9 Å². The van der Waals surface area contributed by atoms with E-state index in [9.17, 15) is 4.79 Å². The van der Waals surface area contributed by atoms with Gasteiger partial charge in [-0.25, -0.2) is 0 Å². The standard InChI is InChI=1S/C24H41NO/c1-5-6-15(2)19-9-10-20-18-8-7-16-13-17(25)11-12-23(16,3)21(18)14-22(26)24(19,20)4/h15-21H,5-14,25H2,1-4H3/t15-,16?,17?,18+,19-,20+,21+,23+,24-/m1/s1. The van der Waals surface area contributed by atoms with Crippen molar-refractivity contribution in [1.29, 1.82) is 0 Å². The lowest BCUT2D eigenvalue weighted by molar-refractivity contribution is -0.157. The topological polar surface area (TPSA) is 43.1 Å². The van der Waals surface area contributed by atoms with Gasteiger partial charge in [-0.3, -0.25) is 4.79 Å². The first-order valence-electron chi connectivity index (χ1n) is 11.6. The van der Waals surface area contributed by atoms with E-state index in [1.165, 1.54) is 57.8 Å². The van der Waals surface area contributed by atoms with Crippen molar-refractivity contribution in [1.82, 2.24) is 0 Å². The van der Waals surface area contributed by atoms with Gasteiger partial charge >= 0.3 is 0 Å². The summed E-state index contributed by atoms with van der Waals surface area (Å²) in [6.45, 7) is 9.62. The SMILES string of the molecule is CCC[C@@H](C)[C@H]1CC[C@H]2[C@@H]3CCC4CC(N)CC[C@]4(C)[C@H]3CC(=O)[C@]12C. The molecule has 9 atom stereocenters. The zero-order valence-corrected chi connectivity index (χ0v) is 17.6. The first-order chi connectivity index (χ1) is 12.3. The van der Waals surface area contributed by atoms with Crippen molar-refractivity contribution in [2.45, 2.75) is 97.9 Å². The Morgan fingerprint density at radius 3 is 2.62 bits per heavy atom. The molecule has 0 radical (unpaired) electrons. The Morgan fingerprint density at radius 2 is 1.88 bits per heavy atom. The van der Waals surface area contributed by atoms with E-state index in [0.717, 1.165) is 18.3 Å². The summed E-state index contributed by atoms with van der Waals surface area (Å²) in [6.07, 6.45) is 12.4. The predicted molar refractivity (Wildman–Crippen MR) is 108 cm³/mol. The normalized spacial score (nSPS) is 52.1. The summed E-state index contributed by atoms with van der Waals surface area (Å²) in [6, 6.07) is 0.403. The number of rotatable bonds is 3. The molecule has 0 amide bonds. The molecule has 2 N–H and O–H groups in total. The minimum absolute atomic E-state index is 0.0238. The van der Waals surface area contributed by atoms with Crippen molar-refractivity contribution in [3.05, 3.63) is 0 Å². The molecule has 0 heterocycles. The smallest absolute Gasteiger partial charge is 0.139 e. The third-order valence-electron chi connectivity index (χ3n) is 10.1. The van der Waals surface area contributed by atoms with Crippen LogP contribution in [0.1, 0.15) is 91.9 Å². The van der Waals surface area contributed by atoms with Gasteiger partial charge in [0.2, 0.25) is 0 Å². The van der Waals surface area contributed by atoms with Crippen LogP contribution < -0.4 is 5.73 Å². The van der Waals surface area contributed by atoms with Crippen LogP contribution >= 0.6 is 0 Å². The van der Waals surface area contributed by atoms with Crippen molar-refractivity contribution in [2.24, 2.45) is 52.1 Å². The zero-order valence-electron chi connectivity index (χ0n) is 17.6. The number of carbonyl (C=O) groups excluding carboxylic acids is 1. The highest BCUT2D eigenvalue weighted by molar-refractivity contribution is 5.87. The Balaban J connectivity index is 1.62. The third-order valence-corrected chi connectivity index (χ3v) is 10.1. The van der Waals surface area contributed by atoms with E-state index in [1.54, 1.807) is 0 Å². The number of hydrogen-bond donors (Lipinski definition) is 1.